The molecule has 2 aromatic carbocycles. The van der Waals surface area contributed by atoms with Crippen LogP contribution in [-0.4, -0.2) is 84.6 Å². The van der Waals surface area contributed by atoms with E-state index in [-0.39, 0.29) is 28.4 Å². The van der Waals surface area contributed by atoms with E-state index >= 15 is 0 Å². The smallest absolute Gasteiger partial charge is 0.387 e. The summed E-state index contributed by atoms with van der Waals surface area (Å²) in [5, 5.41) is 6.55. The lowest BCUT2D eigenvalue weighted by Crippen LogP contribution is -2.56. The molecule has 2 aromatic heterocycles. The van der Waals surface area contributed by atoms with E-state index in [1.165, 1.54) is 6.07 Å². The summed E-state index contributed by atoms with van der Waals surface area (Å²) in [6.45, 7) is 2.47. The number of nitrogens with zero attached hydrogens (tertiary/aromatic N) is 4. The van der Waals surface area contributed by atoms with Gasteiger partial charge in [0.2, 0.25) is 17.7 Å². The Labute approximate surface area is 309 Å². The van der Waals surface area contributed by atoms with E-state index in [4.69, 9.17) is 37.7 Å². The highest BCUT2D eigenvalue weighted by Gasteiger charge is 2.49. The van der Waals surface area contributed by atoms with Crippen LogP contribution in [-0.2, 0) is 22.7 Å². The fraction of sp³-hybridized carbons (Fsp3) is 0.368. The van der Waals surface area contributed by atoms with Crippen LogP contribution in [0.15, 0.2) is 60.8 Å². The van der Waals surface area contributed by atoms with Gasteiger partial charge < -0.3 is 20.1 Å². The van der Waals surface area contributed by atoms with Gasteiger partial charge in [0.15, 0.2) is 0 Å². The lowest BCUT2D eigenvalue weighted by Gasteiger charge is -2.47. The number of likely N-dealkylation sites (tertiary alicyclic amines) is 2. The van der Waals surface area contributed by atoms with E-state index in [9.17, 15) is 18.4 Å². The second-order valence-corrected chi connectivity index (χ2v) is 15.2. The first-order chi connectivity index (χ1) is 25.0. The Morgan fingerprint density at radius 3 is 2.06 bits per heavy atom. The molecule has 4 aromatic rings. The van der Waals surface area contributed by atoms with Crippen LogP contribution in [0.2, 0.25) is 10.0 Å². The minimum Gasteiger partial charge on any atom is -0.481 e. The van der Waals surface area contributed by atoms with Gasteiger partial charge in [0.25, 0.3) is 0 Å². The van der Waals surface area contributed by atoms with Crippen molar-refractivity contribution in [2.45, 2.75) is 32.5 Å². The average Bonchev–Trinajstić information content (AvgIpc) is 3.68. The third-order valence-corrected chi connectivity index (χ3v) is 11.3. The molecule has 2 amide bonds. The van der Waals surface area contributed by atoms with Gasteiger partial charge in [-0.1, -0.05) is 59.6 Å². The third kappa shape index (κ3) is 6.57. The van der Waals surface area contributed by atoms with Gasteiger partial charge in [-0.2, -0.15) is 8.78 Å². The maximum atomic E-state index is 13.6. The van der Waals surface area contributed by atoms with Crippen LogP contribution >= 0.6 is 23.2 Å². The molecule has 270 valence electrons. The Morgan fingerprint density at radius 2 is 1.44 bits per heavy atom. The molecule has 0 radical (unpaired) electrons. The average molecular weight is 750 g/mol. The number of aromatic nitrogens is 2. The number of ether oxygens (including phenoxy) is 2. The number of alkyl halides is 2. The third-order valence-electron chi connectivity index (χ3n) is 10.6. The molecule has 10 nitrogen and oxygen atoms in total. The highest BCUT2D eigenvalue weighted by Crippen LogP contribution is 2.44. The second-order valence-electron chi connectivity index (χ2n) is 14.5. The maximum Gasteiger partial charge on any atom is 0.387 e. The fourth-order valence-corrected chi connectivity index (χ4v) is 8.85. The van der Waals surface area contributed by atoms with Gasteiger partial charge in [0.1, 0.15) is 5.75 Å². The molecular formula is C38H36Cl2F2N6O4. The van der Waals surface area contributed by atoms with E-state index < -0.39 is 6.61 Å². The number of hydrogen-bond acceptors (Lipinski definition) is 8. The topological polar surface area (TPSA) is 109 Å². The summed E-state index contributed by atoms with van der Waals surface area (Å²) in [5.41, 5.74) is 4.94. The number of amides is 2. The second kappa shape index (κ2) is 13.6. The highest BCUT2D eigenvalue weighted by molar-refractivity contribution is 6.39. The van der Waals surface area contributed by atoms with Crippen LogP contribution in [0.25, 0.3) is 33.6 Å². The molecule has 4 saturated heterocycles. The fourth-order valence-electron chi connectivity index (χ4n) is 8.21. The van der Waals surface area contributed by atoms with E-state index in [1.807, 2.05) is 30.3 Å². The van der Waals surface area contributed by atoms with E-state index in [2.05, 4.69) is 25.4 Å². The maximum absolute atomic E-state index is 13.6. The molecule has 4 aliphatic heterocycles. The van der Waals surface area contributed by atoms with Crippen LogP contribution in [0.5, 0.6) is 11.6 Å². The van der Waals surface area contributed by atoms with Crippen molar-refractivity contribution in [1.82, 2.24) is 30.4 Å². The van der Waals surface area contributed by atoms with Gasteiger partial charge in [0, 0.05) is 116 Å². The number of pyridine rings is 2. The van der Waals surface area contributed by atoms with Crippen LogP contribution in [0.3, 0.4) is 0 Å². The summed E-state index contributed by atoms with van der Waals surface area (Å²) < 4.78 is 37.8. The molecule has 2 N–H and O–H groups in total. The zero-order valence-corrected chi connectivity index (χ0v) is 29.9. The van der Waals surface area contributed by atoms with Crippen molar-refractivity contribution in [3.8, 4) is 45.3 Å². The first-order valence-electron chi connectivity index (χ1n) is 17.1. The van der Waals surface area contributed by atoms with Crippen LogP contribution < -0.4 is 20.1 Å². The van der Waals surface area contributed by atoms with E-state index in [0.717, 1.165) is 25.2 Å². The number of carbonyl (C=O) groups excluding carboxylic acids is 2. The number of benzene rings is 2. The molecule has 2 spiro atoms. The van der Waals surface area contributed by atoms with Gasteiger partial charge in [0.05, 0.1) is 28.5 Å². The quantitative estimate of drug-likeness (QED) is 0.202. The van der Waals surface area contributed by atoms with Gasteiger partial charge in [-0.3, -0.25) is 24.4 Å². The number of carbonyl (C=O) groups is 2. The zero-order chi connectivity index (χ0) is 36.2. The van der Waals surface area contributed by atoms with Crippen molar-refractivity contribution in [2.24, 2.45) is 10.8 Å². The molecule has 14 heteroatoms. The SMILES string of the molecule is COc1nc(-c2cccc(-c3ccnc(-c4ccc(CN5CC6(CNC(=O)C6)C5)c(OC(F)F)c4)c3Cl)c2Cl)ccc1CN1CC2(CNC(=O)C2)C1. The van der Waals surface area contributed by atoms with Crippen molar-refractivity contribution in [3.05, 3.63) is 82.0 Å². The summed E-state index contributed by atoms with van der Waals surface area (Å²) >= 11 is 14.1. The Hall–Kier alpha value is -4.36. The largest absolute Gasteiger partial charge is 0.481 e. The molecule has 4 fully saturated rings. The number of rotatable bonds is 10. The summed E-state index contributed by atoms with van der Waals surface area (Å²) in [4.78, 5) is 37.2. The van der Waals surface area contributed by atoms with Gasteiger partial charge in [-0.25, -0.2) is 4.98 Å². The molecule has 0 aliphatic carbocycles. The normalized spacial score (nSPS) is 19.1. The first-order valence-corrected chi connectivity index (χ1v) is 17.8. The molecule has 4 aliphatic rings. The summed E-state index contributed by atoms with van der Waals surface area (Å²) in [6.07, 6.45) is 2.65. The predicted molar refractivity (Wildman–Crippen MR) is 192 cm³/mol. The van der Waals surface area contributed by atoms with Crippen LogP contribution in [0.1, 0.15) is 24.0 Å². The minimum atomic E-state index is -3.02. The Bertz CT molecular complexity index is 2070. The van der Waals surface area contributed by atoms with Crippen molar-refractivity contribution >= 4 is 35.0 Å². The van der Waals surface area contributed by atoms with Gasteiger partial charge in [-0.15, -0.1) is 0 Å². The predicted octanol–water partition coefficient (Wildman–Crippen LogP) is 6.04. The van der Waals surface area contributed by atoms with Gasteiger partial charge >= 0.3 is 6.61 Å². The monoisotopic (exact) mass is 748 g/mol. The molecule has 0 bridgehead atoms. The van der Waals surface area contributed by atoms with Crippen molar-refractivity contribution in [1.29, 1.82) is 0 Å². The Balaban J connectivity index is 1.03. The highest BCUT2D eigenvalue weighted by atomic mass is 35.5. The first kappa shape index (κ1) is 34.7. The van der Waals surface area contributed by atoms with E-state index in [0.29, 0.717) is 101 Å². The molecular weight excluding hydrogens is 713 g/mol. The number of halogens is 4. The zero-order valence-electron chi connectivity index (χ0n) is 28.4. The van der Waals surface area contributed by atoms with Crippen molar-refractivity contribution in [3.63, 3.8) is 0 Å². The molecule has 0 unspecified atom stereocenters. The Morgan fingerprint density at radius 1 is 0.827 bits per heavy atom. The lowest BCUT2D eigenvalue weighted by molar-refractivity contribution is -0.121. The van der Waals surface area contributed by atoms with Crippen LogP contribution in [0, 0.1) is 10.8 Å². The number of nitrogens with one attached hydrogen (secondary N) is 2. The van der Waals surface area contributed by atoms with E-state index in [1.54, 1.807) is 31.5 Å². The summed E-state index contributed by atoms with van der Waals surface area (Å²) in [5.74, 6) is 0.698. The van der Waals surface area contributed by atoms with Crippen molar-refractivity contribution in [2.75, 3.05) is 46.4 Å². The Kier molecular flexibility index (Phi) is 9.05. The molecule has 0 atom stereocenters. The van der Waals surface area contributed by atoms with Crippen LogP contribution in [0.4, 0.5) is 8.78 Å². The minimum absolute atomic E-state index is 0.0281. The van der Waals surface area contributed by atoms with Gasteiger partial charge in [-0.05, 0) is 18.2 Å². The molecule has 6 heterocycles. The van der Waals surface area contributed by atoms with Crippen molar-refractivity contribution < 1.29 is 27.8 Å². The summed E-state index contributed by atoms with van der Waals surface area (Å²) in [6, 6.07) is 16.3. The standard InChI is InChI=1S/C38H36Cl2F2N6O4/c1-51-35-24(15-48-20-38(21-48)13-31(50)45-17-38)7-8-28(46-35)27-4-2-3-25(32(27)39)26-9-10-43-34(33(26)40)22-5-6-23(29(11-22)52-36(41)42)14-47-18-37(19-47)12-30(49)44-16-37/h2-11,36H,12-21H2,1H3,(H,44,49)(H,45,50). The molecule has 52 heavy (non-hydrogen) atoms. The molecule has 0 saturated carbocycles. The molecule has 8 rings (SSSR count). The number of methoxy groups -OCH3 is 1. The number of hydrogen-bond donors (Lipinski definition) is 2. The summed E-state index contributed by atoms with van der Waals surface area (Å²) in [7, 11) is 1.59. The lowest BCUT2D eigenvalue weighted by atomic mass is 9.79.